The molecule has 3 heterocycles. The van der Waals surface area contributed by atoms with Crippen LogP contribution in [-0.2, 0) is 49.1 Å². The number of aliphatic hydroxyl groups excluding tert-OH is 1. The van der Waals surface area contributed by atoms with Crippen molar-refractivity contribution in [2.45, 2.75) is 145 Å². The summed E-state index contributed by atoms with van der Waals surface area (Å²) < 4.78 is 6.28. The number of aromatic nitrogens is 1. The Kier molecular flexibility index (Phi) is 19.9. The van der Waals surface area contributed by atoms with Crippen molar-refractivity contribution >= 4 is 54.7 Å². The number of nitrogens with one attached hydrogen (secondary N) is 1. The van der Waals surface area contributed by atoms with E-state index in [0.717, 1.165) is 90.6 Å². The van der Waals surface area contributed by atoms with E-state index in [-0.39, 0.29) is 78.7 Å². The van der Waals surface area contributed by atoms with Crippen molar-refractivity contribution in [1.82, 2.24) is 4.98 Å². The number of aryl methyl sites for hydroxylation is 3. The van der Waals surface area contributed by atoms with Crippen LogP contribution in [0.2, 0.25) is 0 Å². The molecule has 13 bridgehead atoms. The number of benzene rings is 5. The quantitative estimate of drug-likeness (QED) is 0.0459. The van der Waals surface area contributed by atoms with E-state index in [9.17, 15) is 35.1 Å². The first-order valence-electron chi connectivity index (χ1n) is 32.1. The lowest BCUT2D eigenvalue weighted by molar-refractivity contribution is -0.114. The van der Waals surface area contributed by atoms with Gasteiger partial charge in [0.15, 0.2) is 23.1 Å². The summed E-state index contributed by atoms with van der Waals surface area (Å²) in [6, 6.07) is 34.3. The summed E-state index contributed by atoms with van der Waals surface area (Å²) in [7, 11) is 6.99. The largest absolute Gasteiger partial charge is 0.508 e. The fraction of sp³-hybridized carbons (Fsp3) is 0.459. The monoisotopic (exact) mass is 1270 g/mol. The highest BCUT2D eigenvalue weighted by molar-refractivity contribution is 8.77. The number of H-pyrrole nitrogens is 1. The molecule has 6 aromatic rings. The van der Waals surface area contributed by atoms with E-state index in [2.05, 4.69) is 77.5 Å². The number of aliphatic hydroxyl groups is 3. The molecule has 1 spiro atoms. The van der Waals surface area contributed by atoms with E-state index in [1.54, 1.807) is 68.9 Å². The summed E-state index contributed by atoms with van der Waals surface area (Å²) in [6.45, 7) is 2.30. The van der Waals surface area contributed by atoms with Crippen molar-refractivity contribution in [3.63, 3.8) is 0 Å². The highest BCUT2D eigenvalue weighted by Crippen LogP contribution is 2.59. The number of ketones is 2. The number of hydrogen-bond donors (Lipinski definition) is 8. The maximum absolute atomic E-state index is 14.5. The molecule has 6 aliphatic rings. The standard InChI is InChI=1S/C74H85N3O8S4/c1-72(83)26-6-10-57-60-35-52-31-47(13-12-46-7-3-2-4-8-46)15-19-56(52)64(40-78)65(57)43-88-89-45-74(84)44-73(27-22-51(60)38-72)28-23-55(79)18-14-48-17-21-68(81)70(33-48)85-30-25-49-16-20-67(80)63(32-49)62-37-69(82)58-24-29-77-66(58)11-5-9-50-34-61(71(75)76)53(36-59(50)62)41-86-87-42-54(74)39-73/h2-4,7-8,15-17,19-21,23-24,28-29,31-34,36,51,54,57,60,62,64-65,71,77-78,80-81,83-84H,6,10-14,18,22,25-27,30,35,37-45,75-76H2,1H3. The van der Waals surface area contributed by atoms with Crippen molar-refractivity contribution in [1.29, 1.82) is 0 Å². The van der Waals surface area contributed by atoms with Crippen LogP contribution < -0.4 is 16.2 Å². The third-order valence-corrected chi connectivity index (χ3v) is 25.7. The highest BCUT2D eigenvalue weighted by Gasteiger charge is 2.54. The Labute approximate surface area is 540 Å². The number of fused-ring (bicyclic) bond motifs is 11. The van der Waals surface area contributed by atoms with Crippen molar-refractivity contribution in [2.75, 3.05) is 30.5 Å². The Morgan fingerprint density at radius 1 is 0.753 bits per heavy atom. The van der Waals surface area contributed by atoms with Crippen LogP contribution in [0.1, 0.15) is 166 Å². The van der Waals surface area contributed by atoms with Gasteiger partial charge in [-0.15, -0.1) is 0 Å². The topological polar surface area (TPSA) is 212 Å². The van der Waals surface area contributed by atoms with Gasteiger partial charge in [0.1, 0.15) is 5.75 Å². The average Bonchev–Trinajstić information content (AvgIpc) is 1.86. The number of carbonyl (C=O) groups excluding carboxylic acids is 2. The van der Waals surface area contributed by atoms with E-state index in [1.165, 1.54) is 22.3 Å². The van der Waals surface area contributed by atoms with Crippen LogP contribution in [0.4, 0.5) is 0 Å². The first-order chi connectivity index (χ1) is 43.0. The number of rotatable bonds is 5. The van der Waals surface area contributed by atoms with Crippen LogP contribution in [0.3, 0.4) is 0 Å². The predicted molar refractivity (Wildman–Crippen MR) is 362 cm³/mol. The number of hydrogen-bond acceptors (Lipinski definition) is 14. The molecular formula is C74H85N3O8S4. The molecular weight excluding hydrogens is 1190 g/mol. The lowest BCUT2D eigenvalue weighted by atomic mass is 9.63. The van der Waals surface area contributed by atoms with Gasteiger partial charge < -0.3 is 46.7 Å². The van der Waals surface area contributed by atoms with Crippen LogP contribution in [0.15, 0.2) is 121 Å². The van der Waals surface area contributed by atoms with Gasteiger partial charge in [0, 0.05) is 82.7 Å². The van der Waals surface area contributed by atoms with Crippen molar-refractivity contribution in [3.8, 4) is 29.1 Å². The van der Waals surface area contributed by atoms with Crippen molar-refractivity contribution in [2.24, 2.45) is 46.5 Å². The average molecular weight is 1270 g/mol. The molecule has 3 fully saturated rings. The van der Waals surface area contributed by atoms with Gasteiger partial charge in [-0.05, 0) is 199 Å². The van der Waals surface area contributed by atoms with E-state index < -0.39 is 28.7 Å². The van der Waals surface area contributed by atoms with Crippen LogP contribution >= 0.6 is 43.2 Å². The van der Waals surface area contributed by atoms with Crippen LogP contribution in [0.25, 0.3) is 0 Å². The molecule has 5 aromatic carbocycles. The highest BCUT2D eigenvalue weighted by atomic mass is 33.1. The minimum atomic E-state index is -1.08. The normalized spacial score (nSPS) is 28.6. The molecule has 12 rings (SSSR count). The molecule has 1 saturated heterocycles. The molecule has 11 nitrogen and oxygen atoms in total. The van der Waals surface area contributed by atoms with Gasteiger partial charge in [-0.2, -0.15) is 0 Å². The molecule has 10 N–H and O–H groups in total. The number of phenolic OH excluding ortho intramolecular Hbond substituents is 2. The third-order valence-electron chi connectivity index (χ3n) is 20.8. The van der Waals surface area contributed by atoms with Gasteiger partial charge in [0.25, 0.3) is 0 Å². The van der Waals surface area contributed by atoms with E-state index in [0.29, 0.717) is 84.1 Å². The zero-order valence-electron chi connectivity index (χ0n) is 51.0. The molecule has 468 valence electrons. The fourth-order valence-electron chi connectivity index (χ4n) is 16.1. The molecule has 0 radical (unpaired) electrons. The van der Waals surface area contributed by atoms with Gasteiger partial charge in [-0.25, -0.2) is 0 Å². The lowest BCUT2D eigenvalue weighted by Crippen LogP contribution is -2.40. The predicted octanol–water partition coefficient (Wildman–Crippen LogP) is 13.4. The second kappa shape index (κ2) is 27.8. The van der Waals surface area contributed by atoms with E-state index in [4.69, 9.17) is 16.2 Å². The van der Waals surface area contributed by atoms with Crippen LogP contribution in [0.5, 0.6) is 17.2 Å². The fourth-order valence-corrected chi connectivity index (χ4v) is 21.6. The maximum Gasteiger partial charge on any atom is 0.165 e. The number of aromatic amines is 1. The summed E-state index contributed by atoms with van der Waals surface area (Å²) in [4.78, 5) is 32.1. The number of aromatic hydroxyl groups is 2. The molecule has 1 aromatic heterocycles. The molecule has 0 amide bonds. The minimum absolute atomic E-state index is 0.0101. The second-order valence-electron chi connectivity index (χ2n) is 26.8. The van der Waals surface area contributed by atoms with Crippen LogP contribution in [0, 0.1) is 46.8 Å². The molecule has 15 heteroatoms. The van der Waals surface area contributed by atoms with Gasteiger partial charge in [0.05, 0.1) is 37.0 Å². The maximum atomic E-state index is 14.5. The van der Waals surface area contributed by atoms with E-state index in [1.807, 2.05) is 42.0 Å². The molecule has 10 atom stereocenters. The number of carbonyl (C=O) groups is 2. The molecule has 4 aliphatic carbocycles. The number of allylic oxidation sites excluding steroid dienone is 2. The Morgan fingerprint density at radius 3 is 2.39 bits per heavy atom. The Hall–Kier alpha value is -5.38. The smallest absolute Gasteiger partial charge is 0.165 e. The zero-order chi connectivity index (χ0) is 61.9. The summed E-state index contributed by atoms with van der Waals surface area (Å²) in [5.41, 5.74) is 22.7. The van der Waals surface area contributed by atoms with Gasteiger partial charge in [-0.3, -0.25) is 9.59 Å². The van der Waals surface area contributed by atoms with Crippen molar-refractivity contribution in [3.05, 3.63) is 194 Å². The van der Waals surface area contributed by atoms with E-state index >= 15 is 0 Å². The zero-order valence-corrected chi connectivity index (χ0v) is 54.2. The molecule has 89 heavy (non-hydrogen) atoms. The Morgan fingerprint density at radius 2 is 1.56 bits per heavy atom. The van der Waals surface area contributed by atoms with Gasteiger partial charge in [-0.1, -0.05) is 140 Å². The van der Waals surface area contributed by atoms with Gasteiger partial charge in [0.2, 0.25) is 0 Å². The number of Topliss-reactive ketones (excluding diaryl/α,β-unsaturated/α-hetero) is 1. The number of nitrogens with two attached hydrogens (primary N) is 2. The Bertz CT molecular complexity index is 3630. The first kappa shape index (κ1) is 63.8. The molecule has 10 unspecified atom stereocenters. The van der Waals surface area contributed by atoms with Crippen LogP contribution in [-0.4, -0.2) is 83.8 Å². The second-order valence-corrected chi connectivity index (χ2v) is 31.8. The SMILES string of the molecule is CC1(O)CCCC2C3Cc4cc(CCc5ccccc5)ccc4C(CO)C2CSSCC2(O)CC4(C=CC(=O)CCc5ccc(O)c(c5)OCCc5ccc(O)c(c5)C5CC(=O)c6cc[nH]c6CC#Cc6cc(C(N)N)c(cc65)CSSCC2C4)CCC3C1. The summed E-state index contributed by atoms with van der Waals surface area (Å²) in [5, 5.41) is 60.3. The summed E-state index contributed by atoms with van der Waals surface area (Å²) >= 11 is 0. The first-order valence-corrected chi connectivity index (χ1v) is 37.1. The molecule has 2 saturated carbocycles. The number of phenols is 2. The summed E-state index contributed by atoms with van der Waals surface area (Å²) in [5.74, 6) is 9.63. The third kappa shape index (κ3) is 14.6. The Balaban J connectivity index is 0.903. The summed E-state index contributed by atoms with van der Waals surface area (Å²) in [6.07, 6.45) is 15.2. The van der Waals surface area contributed by atoms with Crippen molar-refractivity contribution < 1.29 is 39.9 Å². The van der Waals surface area contributed by atoms with Gasteiger partial charge >= 0.3 is 0 Å². The lowest BCUT2D eigenvalue weighted by Gasteiger charge is -2.44. The minimum Gasteiger partial charge on any atom is -0.508 e. The molecule has 2 aliphatic heterocycles. The number of ether oxygens (including phenoxy) is 1.